The molecule has 0 bridgehead atoms. The van der Waals surface area contributed by atoms with Crippen molar-refractivity contribution in [3.05, 3.63) is 106 Å². The molecule has 0 radical (unpaired) electrons. The number of ether oxygens (including phenoxy) is 1. The normalized spacial score (nSPS) is 12.9. The fraction of sp³-hybridized carbons (Fsp3) is 0.207. The average molecular weight is 588 g/mol. The van der Waals surface area contributed by atoms with Crippen molar-refractivity contribution in [2.75, 3.05) is 6.54 Å². The van der Waals surface area contributed by atoms with Gasteiger partial charge < -0.3 is 20.3 Å². The van der Waals surface area contributed by atoms with E-state index in [0.29, 0.717) is 16.3 Å². The van der Waals surface area contributed by atoms with Crippen LogP contribution in [0.15, 0.2) is 78.9 Å². The summed E-state index contributed by atoms with van der Waals surface area (Å²) in [5, 5.41) is 25.9. The van der Waals surface area contributed by atoms with Crippen LogP contribution >= 0.6 is 11.6 Å². The monoisotopic (exact) mass is 587 g/mol. The van der Waals surface area contributed by atoms with Gasteiger partial charge in [0, 0.05) is 22.1 Å². The molecule has 8 nitrogen and oxygen atoms in total. The third-order valence-corrected chi connectivity index (χ3v) is 6.54. The maximum atomic E-state index is 12.6. The van der Waals surface area contributed by atoms with E-state index in [2.05, 4.69) is 10.1 Å². The van der Waals surface area contributed by atoms with Crippen molar-refractivity contribution < 1.29 is 37.7 Å². The van der Waals surface area contributed by atoms with Crippen molar-refractivity contribution in [3.63, 3.8) is 0 Å². The summed E-state index contributed by atoms with van der Waals surface area (Å²) in [5.41, 5.74) is 4.02. The van der Waals surface area contributed by atoms with Crippen LogP contribution in [0.4, 0.5) is 13.2 Å². The van der Waals surface area contributed by atoms with Gasteiger partial charge in [0.05, 0.1) is 24.5 Å². The van der Waals surface area contributed by atoms with Crippen molar-refractivity contribution >= 4 is 23.5 Å². The van der Waals surface area contributed by atoms with Gasteiger partial charge in [-0.2, -0.15) is 5.10 Å². The van der Waals surface area contributed by atoms with Crippen LogP contribution in [0.5, 0.6) is 5.75 Å². The molecule has 0 spiro atoms. The summed E-state index contributed by atoms with van der Waals surface area (Å²) in [5.74, 6) is -2.45. The lowest BCUT2D eigenvalue weighted by molar-refractivity contribution is -0.274. The van der Waals surface area contributed by atoms with Crippen LogP contribution in [0.2, 0.25) is 5.02 Å². The molecule has 1 aromatic heterocycles. The molecule has 3 N–H and O–H groups in total. The fourth-order valence-electron chi connectivity index (χ4n) is 4.06. The van der Waals surface area contributed by atoms with Gasteiger partial charge in [-0.15, -0.1) is 13.2 Å². The Morgan fingerprint density at radius 2 is 1.66 bits per heavy atom. The van der Waals surface area contributed by atoms with Gasteiger partial charge in [0.1, 0.15) is 5.75 Å². The van der Waals surface area contributed by atoms with Crippen LogP contribution in [0.1, 0.15) is 40.0 Å². The van der Waals surface area contributed by atoms with Crippen molar-refractivity contribution in [2.45, 2.75) is 31.9 Å². The Bertz CT molecular complexity index is 1500. The molecular formula is C29H25ClF3N3O5. The van der Waals surface area contributed by atoms with Gasteiger partial charge in [0.25, 0.3) is 5.91 Å². The summed E-state index contributed by atoms with van der Waals surface area (Å²) in [6.45, 7) is 1.83. The number of aliphatic hydroxyl groups excluding tert-OH is 1. The number of carboxylic acid groups (broad SMARTS) is 1. The SMILES string of the molecule is CC(c1ccc(Cl)cc1)c1cc(-c2ccc(OC(F)(F)F)cc2)n(Cc2ccc(C(=O)NCC(O)C(=O)O)cc2)n1. The van der Waals surface area contributed by atoms with E-state index in [1.165, 1.54) is 24.3 Å². The standard InChI is InChI=1S/C29H25ClF3N3O5/c1-17(19-6-10-22(30)11-7-19)24-14-25(20-8-12-23(13-9-20)41-29(31,32)33)36(35-24)16-18-2-4-21(5-3-18)27(38)34-15-26(37)28(39)40/h2-14,17,26,37H,15-16H2,1H3,(H,34,38)(H,39,40). The molecule has 2 unspecified atom stereocenters. The van der Waals surface area contributed by atoms with Gasteiger partial charge in [-0.3, -0.25) is 9.48 Å². The summed E-state index contributed by atoms with van der Waals surface area (Å²) in [4.78, 5) is 23.0. The Kier molecular flexibility index (Phi) is 8.99. The van der Waals surface area contributed by atoms with Crippen LogP contribution < -0.4 is 10.1 Å². The number of hydrogen-bond acceptors (Lipinski definition) is 5. The molecule has 41 heavy (non-hydrogen) atoms. The van der Waals surface area contributed by atoms with E-state index in [4.69, 9.17) is 21.8 Å². The van der Waals surface area contributed by atoms with E-state index >= 15 is 0 Å². The Balaban J connectivity index is 1.60. The Morgan fingerprint density at radius 3 is 2.24 bits per heavy atom. The molecular weight excluding hydrogens is 563 g/mol. The zero-order valence-electron chi connectivity index (χ0n) is 21.6. The molecule has 0 aliphatic rings. The Morgan fingerprint density at radius 1 is 1.02 bits per heavy atom. The van der Waals surface area contributed by atoms with E-state index in [1.807, 2.05) is 25.1 Å². The minimum atomic E-state index is -4.80. The maximum Gasteiger partial charge on any atom is 0.573 e. The Hall–Kier alpha value is -4.35. The van der Waals surface area contributed by atoms with Crippen LogP contribution in [0.3, 0.4) is 0 Å². The van der Waals surface area contributed by atoms with Gasteiger partial charge in [-0.05, 0) is 65.7 Å². The number of aromatic nitrogens is 2. The number of nitrogens with one attached hydrogen (secondary N) is 1. The number of carbonyl (C=O) groups excluding carboxylic acids is 1. The summed E-state index contributed by atoms with van der Waals surface area (Å²) in [6.07, 6.45) is -6.51. The average Bonchev–Trinajstić information content (AvgIpc) is 3.35. The number of nitrogens with zero attached hydrogens (tertiary/aromatic N) is 2. The highest BCUT2D eigenvalue weighted by atomic mass is 35.5. The number of aliphatic hydroxyl groups is 1. The summed E-state index contributed by atoms with van der Waals surface area (Å²) in [7, 11) is 0. The third-order valence-electron chi connectivity index (χ3n) is 6.29. The van der Waals surface area contributed by atoms with E-state index in [9.17, 15) is 27.9 Å². The smallest absolute Gasteiger partial charge is 0.479 e. The quantitative estimate of drug-likeness (QED) is 0.227. The molecule has 4 aromatic rings. The number of halogens is 4. The van der Waals surface area contributed by atoms with Crippen molar-refractivity contribution in [3.8, 4) is 17.0 Å². The van der Waals surface area contributed by atoms with Crippen LogP contribution in [0, 0.1) is 0 Å². The molecule has 12 heteroatoms. The molecule has 0 fully saturated rings. The highest BCUT2D eigenvalue weighted by molar-refractivity contribution is 6.30. The summed E-state index contributed by atoms with van der Waals surface area (Å²) >= 11 is 6.03. The van der Waals surface area contributed by atoms with Crippen LogP contribution in [0.25, 0.3) is 11.3 Å². The van der Waals surface area contributed by atoms with Gasteiger partial charge in [-0.1, -0.05) is 42.8 Å². The first kappa shape index (κ1) is 29.6. The van der Waals surface area contributed by atoms with Gasteiger partial charge in [-0.25, -0.2) is 4.79 Å². The zero-order valence-corrected chi connectivity index (χ0v) is 22.4. The number of hydrogen-bond donors (Lipinski definition) is 3. The van der Waals surface area contributed by atoms with Crippen molar-refractivity contribution in [2.24, 2.45) is 0 Å². The molecule has 2 atom stereocenters. The molecule has 0 saturated heterocycles. The predicted octanol–water partition coefficient (Wildman–Crippen LogP) is 5.48. The lowest BCUT2D eigenvalue weighted by atomic mass is 9.97. The fourth-order valence-corrected chi connectivity index (χ4v) is 4.19. The number of aliphatic carboxylic acids is 1. The van der Waals surface area contributed by atoms with Gasteiger partial charge in [0.2, 0.25) is 0 Å². The molecule has 1 heterocycles. The second-order valence-electron chi connectivity index (χ2n) is 9.22. The first-order valence-electron chi connectivity index (χ1n) is 12.4. The predicted molar refractivity (Wildman–Crippen MR) is 145 cm³/mol. The van der Waals surface area contributed by atoms with E-state index in [-0.39, 0.29) is 23.8 Å². The van der Waals surface area contributed by atoms with Crippen molar-refractivity contribution in [1.29, 1.82) is 0 Å². The Labute approximate surface area is 238 Å². The lowest BCUT2D eigenvalue weighted by Gasteiger charge is -2.11. The first-order chi connectivity index (χ1) is 19.4. The minimum Gasteiger partial charge on any atom is -0.479 e. The summed E-state index contributed by atoms with van der Waals surface area (Å²) in [6, 6.07) is 21.3. The number of rotatable bonds is 10. The second kappa shape index (κ2) is 12.4. The molecule has 3 aromatic carbocycles. The number of benzene rings is 3. The maximum absolute atomic E-state index is 12.6. The number of carboxylic acids is 1. The van der Waals surface area contributed by atoms with E-state index < -0.39 is 30.9 Å². The first-order valence-corrected chi connectivity index (χ1v) is 12.7. The van der Waals surface area contributed by atoms with E-state index in [0.717, 1.165) is 16.8 Å². The third kappa shape index (κ3) is 7.86. The molecule has 0 aliphatic heterocycles. The molecule has 0 aliphatic carbocycles. The number of alkyl halides is 3. The summed E-state index contributed by atoms with van der Waals surface area (Å²) < 4.78 is 43.6. The largest absolute Gasteiger partial charge is 0.573 e. The topological polar surface area (TPSA) is 114 Å². The van der Waals surface area contributed by atoms with Gasteiger partial charge >= 0.3 is 12.3 Å². The van der Waals surface area contributed by atoms with Crippen molar-refractivity contribution in [1.82, 2.24) is 15.1 Å². The lowest BCUT2D eigenvalue weighted by Crippen LogP contribution is -2.36. The van der Waals surface area contributed by atoms with Crippen LogP contribution in [-0.4, -0.2) is 50.9 Å². The van der Waals surface area contributed by atoms with E-state index in [1.54, 1.807) is 41.1 Å². The highest BCUT2D eigenvalue weighted by Gasteiger charge is 2.31. The number of carbonyl (C=O) groups is 2. The molecule has 4 rings (SSSR count). The molecule has 0 saturated carbocycles. The zero-order chi connectivity index (χ0) is 29.7. The van der Waals surface area contributed by atoms with Crippen LogP contribution in [-0.2, 0) is 11.3 Å². The minimum absolute atomic E-state index is 0.118. The van der Waals surface area contributed by atoms with Gasteiger partial charge in [0.15, 0.2) is 6.10 Å². The second-order valence-corrected chi connectivity index (χ2v) is 9.65. The molecule has 1 amide bonds. The highest BCUT2D eigenvalue weighted by Crippen LogP contribution is 2.31. The molecule has 214 valence electrons. The number of amides is 1.